The normalized spacial score (nSPS) is 12.2. The number of benzene rings is 2. The van der Waals surface area contributed by atoms with Crippen molar-refractivity contribution in [3.05, 3.63) is 63.7 Å². The van der Waals surface area contributed by atoms with Crippen LogP contribution in [0.1, 0.15) is 29.2 Å². The molecule has 1 atom stereocenters. The minimum absolute atomic E-state index is 0.128. The Bertz CT molecular complexity index is 623. The lowest BCUT2D eigenvalue weighted by Gasteiger charge is -2.12. The predicted molar refractivity (Wildman–Crippen MR) is 89.1 cm³/mol. The van der Waals surface area contributed by atoms with Gasteiger partial charge in [0.1, 0.15) is 12.4 Å². The Balaban J connectivity index is 2.08. The molecule has 2 N–H and O–H groups in total. The van der Waals surface area contributed by atoms with E-state index in [4.69, 9.17) is 22.1 Å². The van der Waals surface area contributed by atoms with Gasteiger partial charge in [0.15, 0.2) is 0 Å². The summed E-state index contributed by atoms with van der Waals surface area (Å²) in [4.78, 5) is 0. The molecule has 2 rings (SSSR count). The van der Waals surface area contributed by atoms with Crippen LogP contribution in [0.5, 0.6) is 5.75 Å². The average Bonchev–Trinajstić information content (AvgIpc) is 2.41. The first kappa shape index (κ1) is 15.9. The third-order valence-corrected chi connectivity index (χ3v) is 3.74. The van der Waals surface area contributed by atoms with Gasteiger partial charge in [-0.1, -0.05) is 41.4 Å². The molecule has 0 radical (unpaired) electrons. The van der Waals surface area contributed by atoms with Crippen molar-refractivity contribution in [2.24, 2.45) is 5.73 Å². The summed E-state index contributed by atoms with van der Waals surface area (Å²) >= 11 is 6.28. The van der Waals surface area contributed by atoms with Crippen molar-refractivity contribution < 1.29 is 4.74 Å². The van der Waals surface area contributed by atoms with Gasteiger partial charge in [0.25, 0.3) is 0 Å². The van der Waals surface area contributed by atoms with Gasteiger partial charge in [0.2, 0.25) is 0 Å². The Kier molecular flexibility index (Phi) is 5.27. The third-order valence-electron chi connectivity index (χ3n) is 3.44. The molecule has 112 valence electrons. The van der Waals surface area contributed by atoms with E-state index in [0.29, 0.717) is 17.4 Å². The minimum Gasteiger partial charge on any atom is -0.487 e. The highest BCUT2D eigenvalue weighted by molar-refractivity contribution is 6.32. The van der Waals surface area contributed by atoms with Crippen molar-refractivity contribution in [2.45, 2.75) is 39.8 Å². The summed E-state index contributed by atoms with van der Waals surface area (Å²) < 4.78 is 5.86. The van der Waals surface area contributed by atoms with Crippen LogP contribution in [0.15, 0.2) is 36.4 Å². The van der Waals surface area contributed by atoms with Crippen LogP contribution in [0.25, 0.3) is 0 Å². The summed E-state index contributed by atoms with van der Waals surface area (Å²) in [7, 11) is 0. The number of ether oxygens (including phenoxy) is 1. The number of halogens is 1. The lowest BCUT2D eigenvalue weighted by atomic mass is 10.1. The largest absolute Gasteiger partial charge is 0.487 e. The molecule has 0 aliphatic carbocycles. The Hall–Kier alpha value is -1.51. The summed E-state index contributed by atoms with van der Waals surface area (Å²) in [5.74, 6) is 0.714. The highest BCUT2D eigenvalue weighted by atomic mass is 35.5. The molecular formula is C18H22ClNO. The van der Waals surface area contributed by atoms with Gasteiger partial charge >= 0.3 is 0 Å². The molecule has 0 spiro atoms. The van der Waals surface area contributed by atoms with Gasteiger partial charge in [-0.25, -0.2) is 0 Å². The van der Waals surface area contributed by atoms with Gasteiger partial charge in [0.05, 0.1) is 5.02 Å². The molecule has 2 nitrogen and oxygen atoms in total. The first-order chi connectivity index (χ1) is 9.95. The Morgan fingerprint density at radius 1 is 1.14 bits per heavy atom. The topological polar surface area (TPSA) is 35.2 Å². The highest BCUT2D eigenvalue weighted by Crippen LogP contribution is 2.27. The zero-order chi connectivity index (χ0) is 15.4. The van der Waals surface area contributed by atoms with E-state index in [0.717, 1.165) is 12.0 Å². The maximum Gasteiger partial charge on any atom is 0.138 e. The van der Waals surface area contributed by atoms with Gasteiger partial charge in [-0.2, -0.15) is 0 Å². The first-order valence-electron chi connectivity index (χ1n) is 7.18. The highest BCUT2D eigenvalue weighted by Gasteiger charge is 2.06. The summed E-state index contributed by atoms with van der Waals surface area (Å²) in [6.45, 7) is 6.68. The monoisotopic (exact) mass is 303 g/mol. The molecule has 3 heteroatoms. The van der Waals surface area contributed by atoms with Crippen LogP contribution in [-0.2, 0) is 13.0 Å². The van der Waals surface area contributed by atoms with E-state index in [1.807, 2.05) is 25.1 Å². The van der Waals surface area contributed by atoms with E-state index in [1.54, 1.807) is 0 Å². The molecule has 0 aromatic heterocycles. The van der Waals surface area contributed by atoms with Crippen molar-refractivity contribution in [3.63, 3.8) is 0 Å². The summed E-state index contributed by atoms with van der Waals surface area (Å²) in [6, 6.07) is 12.4. The summed E-state index contributed by atoms with van der Waals surface area (Å²) in [6.07, 6.45) is 0.816. The van der Waals surface area contributed by atoms with Crippen LogP contribution < -0.4 is 10.5 Å². The molecule has 1 unspecified atom stereocenters. The Labute approximate surface area is 131 Å². The van der Waals surface area contributed by atoms with Crippen molar-refractivity contribution in [2.75, 3.05) is 0 Å². The molecule has 0 aliphatic rings. The fourth-order valence-electron chi connectivity index (χ4n) is 2.27. The quantitative estimate of drug-likeness (QED) is 0.887. The van der Waals surface area contributed by atoms with Crippen molar-refractivity contribution in [1.82, 2.24) is 0 Å². The third kappa shape index (κ3) is 4.48. The average molecular weight is 304 g/mol. The van der Waals surface area contributed by atoms with Crippen molar-refractivity contribution in [3.8, 4) is 5.75 Å². The molecule has 0 bridgehead atoms. The molecule has 2 aromatic carbocycles. The lowest BCUT2D eigenvalue weighted by Crippen LogP contribution is -2.17. The minimum atomic E-state index is 0.128. The molecule has 0 aliphatic heterocycles. The van der Waals surface area contributed by atoms with Crippen molar-refractivity contribution >= 4 is 11.6 Å². The first-order valence-corrected chi connectivity index (χ1v) is 7.56. The molecule has 2 aromatic rings. The van der Waals surface area contributed by atoms with Crippen LogP contribution in [0.3, 0.4) is 0 Å². The van der Waals surface area contributed by atoms with Gasteiger partial charge < -0.3 is 10.5 Å². The maximum atomic E-state index is 6.28. The fraction of sp³-hybridized carbons (Fsp3) is 0.333. The molecule has 0 amide bonds. The second-order valence-corrected chi connectivity index (χ2v) is 6.07. The number of hydrogen-bond acceptors (Lipinski definition) is 2. The van der Waals surface area contributed by atoms with E-state index in [9.17, 15) is 0 Å². The number of hydrogen-bond donors (Lipinski definition) is 1. The van der Waals surface area contributed by atoms with Gasteiger partial charge in [-0.15, -0.1) is 0 Å². The van der Waals surface area contributed by atoms with Crippen LogP contribution in [0, 0.1) is 13.8 Å². The van der Waals surface area contributed by atoms with E-state index >= 15 is 0 Å². The number of rotatable bonds is 5. The molecule has 0 saturated heterocycles. The SMILES string of the molecule is Cc1ccc(C)c(COc2ccc(CC(C)N)cc2Cl)c1. The molecule has 0 fully saturated rings. The molecule has 0 heterocycles. The summed E-state index contributed by atoms with van der Waals surface area (Å²) in [5, 5.41) is 0.637. The van der Waals surface area contributed by atoms with Crippen LogP contribution in [-0.4, -0.2) is 6.04 Å². The Morgan fingerprint density at radius 3 is 2.57 bits per heavy atom. The van der Waals surface area contributed by atoms with E-state index in [-0.39, 0.29) is 6.04 Å². The Morgan fingerprint density at radius 2 is 1.90 bits per heavy atom. The van der Waals surface area contributed by atoms with Gasteiger partial charge in [-0.3, -0.25) is 0 Å². The lowest BCUT2D eigenvalue weighted by molar-refractivity contribution is 0.305. The smallest absolute Gasteiger partial charge is 0.138 e. The molecular weight excluding hydrogens is 282 g/mol. The van der Waals surface area contributed by atoms with Crippen LogP contribution in [0.2, 0.25) is 5.02 Å². The second-order valence-electron chi connectivity index (χ2n) is 5.66. The second kappa shape index (κ2) is 6.97. The predicted octanol–water partition coefficient (Wildman–Crippen LogP) is 4.43. The molecule has 0 saturated carbocycles. The fourth-order valence-corrected chi connectivity index (χ4v) is 2.53. The van der Waals surface area contributed by atoms with Gasteiger partial charge in [0, 0.05) is 6.04 Å². The number of nitrogens with two attached hydrogens (primary N) is 1. The maximum absolute atomic E-state index is 6.28. The van der Waals surface area contributed by atoms with Crippen LogP contribution in [0.4, 0.5) is 0 Å². The standard InChI is InChI=1S/C18H22ClNO/c1-12-4-5-13(2)16(8-12)11-21-18-7-6-15(9-14(3)20)10-17(18)19/h4-8,10,14H,9,11,20H2,1-3H3. The van der Waals surface area contributed by atoms with Gasteiger partial charge in [-0.05, 0) is 56.0 Å². The molecule has 21 heavy (non-hydrogen) atoms. The zero-order valence-electron chi connectivity index (χ0n) is 12.8. The van der Waals surface area contributed by atoms with E-state index < -0.39 is 0 Å². The summed E-state index contributed by atoms with van der Waals surface area (Å²) in [5.41, 5.74) is 10.6. The van der Waals surface area contributed by atoms with E-state index in [1.165, 1.54) is 16.7 Å². The number of aryl methyl sites for hydroxylation is 2. The van der Waals surface area contributed by atoms with Crippen LogP contribution >= 0.6 is 11.6 Å². The van der Waals surface area contributed by atoms with E-state index in [2.05, 4.69) is 32.0 Å². The van der Waals surface area contributed by atoms with Crippen molar-refractivity contribution in [1.29, 1.82) is 0 Å². The zero-order valence-corrected chi connectivity index (χ0v) is 13.6.